The highest BCUT2D eigenvalue weighted by atomic mass is 16.6. The van der Waals surface area contributed by atoms with Crippen LogP contribution in [-0.4, -0.2) is 37.2 Å². The lowest BCUT2D eigenvalue weighted by atomic mass is 10.0. The molecule has 0 bridgehead atoms. The molecule has 6 nitrogen and oxygen atoms in total. The van der Waals surface area contributed by atoms with Gasteiger partial charge in [-0.15, -0.1) is 0 Å². The highest BCUT2D eigenvalue weighted by Gasteiger charge is 2.19. The number of unbranched alkanes of at least 4 members (excludes halogenated alkanes) is 29. The zero-order valence-electron chi connectivity index (χ0n) is 48.6. The molecule has 0 aromatic rings. The number of carbonyl (C=O) groups excluding carboxylic acids is 3. The fraction of sp³-hybridized carbons (Fsp3) is 0.721. The number of rotatable bonds is 56. The van der Waals surface area contributed by atoms with E-state index in [0.717, 1.165) is 103 Å². The molecule has 0 aromatic carbocycles. The van der Waals surface area contributed by atoms with Crippen LogP contribution in [0.15, 0.2) is 97.2 Å². The van der Waals surface area contributed by atoms with Gasteiger partial charge >= 0.3 is 17.9 Å². The smallest absolute Gasteiger partial charge is 0.306 e. The van der Waals surface area contributed by atoms with E-state index in [0.29, 0.717) is 19.3 Å². The van der Waals surface area contributed by atoms with Crippen LogP contribution in [0.1, 0.15) is 297 Å². The van der Waals surface area contributed by atoms with Crippen molar-refractivity contribution in [3.05, 3.63) is 97.2 Å². The monoisotopic (exact) mass is 1030 g/mol. The average molecular weight is 1030 g/mol. The lowest BCUT2D eigenvalue weighted by molar-refractivity contribution is -0.167. The van der Waals surface area contributed by atoms with Crippen molar-refractivity contribution in [2.24, 2.45) is 0 Å². The first kappa shape index (κ1) is 70.3. The van der Waals surface area contributed by atoms with Gasteiger partial charge in [0, 0.05) is 19.3 Å². The Labute approximate surface area is 457 Å². The summed E-state index contributed by atoms with van der Waals surface area (Å²) in [5.74, 6) is -0.924. The Morgan fingerprint density at radius 3 is 0.851 bits per heavy atom. The van der Waals surface area contributed by atoms with E-state index < -0.39 is 6.10 Å². The summed E-state index contributed by atoms with van der Waals surface area (Å²) in [7, 11) is 0. The van der Waals surface area contributed by atoms with Crippen molar-refractivity contribution in [2.45, 2.75) is 303 Å². The van der Waals surface area contributed by atoms with E-state index in [1.807, 2.05) is 0 Å². The van der Waals surface area contributed by atoms with Crippen LogP contribution in [0.4, 0.5) is 0 Å². The standard InChI is InChI=1S/C68H116O6/c1-4-7-10-13-16-19-22-25-28-29-30-31-32-33-34-35-36-37-38-39-41-43-46-49-52-55-58-61-67(70)73-64-65(63-72-66(69)60-57-54-51-48-45-42-27-24-21-18-15-12-9-6-3)74-68(71)62-59-56-53-50-47-44-40-26-23-20-17-14-11-8-5-2/h7-8,10-11,16-17,19-20,25-26,28,30-31,40,47,50,65H,4-6,9,12-15,18,21-24,27,29,32-39,41-46,48-49,51-64H2,1-3H3/b10-7-,11-8-,19-16-,20-17-,28-25-,31-30-,40-26-,50-47-. The molecular formula is C68H116O6. The van der Waals surface area contributed by atoms with Crippen LogP contribution in [0.3, 0.4) is 0 Å². The summed E-state index contributed by atoms with van der Waals surface area (Å²) in [6, 6.07) is 0. The minimum atomic E-state index is -0.798. The Morgan fingerprint density at radius 2 is 0.527 bits per heavy atom. The third-order valence-corrected chi connectivity index (χ3v) is 13.3. The van der Waals surface area contributed by atoms with Crippen molar-refractivity contribution in [1.29, 1.82) is 0 Å². The molecule has 0 saturated carbocycles. The Morgan fingerprint density at radius 1 is 0.284 bits per heavy atom. The van der Waals surface area contributed by atoms with Crippen molar-refractivity contribution in [2.75, 3.05) is 13.2 Å². The number of carbonyl (C=O) groups is 3. The first-order valence-corrected chi connectivity index (χ1v) is 31.2. The van der Waals surface area contributed by atoms with E-state index >= 15 is 0 Å². The maximum absolute atomic E-state index is 12.9. The molecule has 0 aliphatic heterocycles. The Hall–Kier alpha value is -3.67. The fourth-order valence-corrected chi connectivity index (χ4v) is 8.72. The molecule has 0 rings (SSSR count). The van der Waals surface area contributed by atoms with Gasteiger partial charge < -0.3 is 14.2 Å². The second-order valence-electron chi connectivity index (χ2n) is 20.6. The molecule has 0 spiro atoms. The van der Waals surface area contributed by atoms with Gasteiger partial charge in [0.2, 0.25) is 0 Å². The maximum atomic E-state index is 12.9. The summed E-state index contributed by atoms with van der Waals surface area (Å²) >= 11 is 0. The van der Waals surface area contributed by atoms with Gasteiger partial charge in [-0.25, -0.2) is 0 Å². The molecule has 0 amide bonds. The zero-order valence-corrected chi connectivity index (χ0v) is 48.6. The molecule has 0 N–H and O–H groups in total. The first-order chi connectivity index (χ1) is 36.5. The molecular weight excluding hydrogens is 913 g/mol. The van der Waals surface area contributed by atoms with Crippen LogP contribution >= 0.6 is 0 Å². The van der Waals surface area contributed by atoms with E-state index in [1.165, 1.54) is 148 Å². The van der Waals surface area contributed by atoms with Crippen LogP contribution in [0.25, 0.3) is 0 Å². The average Bonchev–Trinajstić information content (AvgIpc) is 3.40. The lowest BCUT2D eigenvalue weighted by Crippen LogP contribution is -2.30. The number of hydrogen-bond donors (Lipinski definition) is 0. The molecule has 0 saturated heterocycles. The van der Waals surface area contributed by atoms with E-state index in [4.69, 9.17) is 14.2 Å². The molecule has 0 heterocycles. The summed E-state index contributed by atoms with van der Waals surface area (Å²) in [4.78, 5) is 38.2. The van der Waals surface area contributed by atoms with Gasteiger partial charge in [0.1, 0.15) is 13.2 Å². The first-order valence-electron chi connectivity index (χ1n) is 31.2. The van der Waals surface area contributed by atoms with E-state index in [-0.39, 0.29) is 37.5 Å². The number of ether oxygens (including phenoxy) is 3. The Kier molecular flexibility index (Phi) is 58.8. The van der Waals surface area contributed by atoms with Crippen LogP contribution in [0.2, 0.25) is 0 Å². The summed E-state index contributed by atoms with van der Waals surface area (Å²) in [6.45, 7) is 6.40. The molecule has 424 valence electrons. The topological polar surface area (TPSA) is 78.9 Å². The summed E-state index contributed by atoms with van der Waals surface area (Å²) in [6.07, 6.45) is 82.8. The minimum absolute atomic E-state index is 0.0911. The summed E-state index contributed by atoms with van der Waals surface area (Å²) in [5.41, 5.74) is 0. The van der Waals surface area contributed by atoms with Crippen molar-refractivity contribution in [3.8, 4) is 0 Å². The second-order valence-corrected chi connectivity index (χ2v) is 20.6. The van der Waals surface area contributed by atoms with Gasteiger partial charge in [0.25, 0.3) is 0 Å². The van der Waals surface area contributed by atoms with Crippen LogP contribution in [0, 0.1) is 0 Å². The second kappa shape index (κ2) is 61.9. The molecule has 74 heavy (non-hydrogen) atoms. The van der Waals surface area contributed by atoms with Gasteiger partial charge in [-0.2, -0.15) is 0 Å². The van der Waals surface area contributed by atoms with Crippen molar-refractivity contribution < 1.29 is 28.6 Å². The van der Waals surface area contributed by atoms with Crippen molar-refractivity contribution >= 4 is 17.9 Å². The number of allylic oxidation sites excluding steroid dienone is 16. The largest absolute Gasteiger partial charge is 0.462 e. The van der Waals surface area contributed by atoms with Crippen molar-refractivity contribution in [1.82, 2.24) is 0 Å². The summed E-state index contributed by atoms with van der Waals surface area (Å²) < 4.78 is 16.9. The number of hydrogen-bond acceptors (Lipinski definition) is 6. The number of esters is 3. The van der Waals surface area contributed by atoms with Gasteiger partial charge in [0.05, 0.1) is 0 Å². The Bertz CT molecular complexity index is 1460. The predicted octanol–water partition coefficient (Wildman–Crippen LogP) is 21.3. The third kappa shape index (κ3) is 59.2. The van der Waals surface area contributed by atoms with Gasteiger partial charge in [0.15, 0.2) is 6.10 Å². The maximum Gasteiger partial charge on any atom is 0.306 e. The Balaban J connectivity index is 4.29. The van der Waals surface area contributed by atoms with E-state index in [2.05, 4.69) is 118 Å². The fourth-order valence-electron chi connectivity index (χ4n) is 8.72. The molecule has 6 heteroatoms. The van der Waals surface area contributed by atoms with Gasteiger partial charge in [-0.3, -0.25) is 14.4 Å². The van der Waals surface area contributed by atoms with Crippen LogP contribution < -0.4 is 0 Å². The molecule has 0 radical (unpaired) electrons. The van der Waals surface area contributed by atoms with Gasteiger partial charge in [-0.1, -0.05) is 279 Å². The van der Waals surface area contributed by atoms with Gasteiger partial charge in [-0.05, 0) is 96.3 Å². The molecule has 0 aliphatic carbocycles. The van der Waals surface area contributed by atoms with E-state index in [9.17, 15) is 14.4 Å². The minimum Gasteiger partial charge on any atom is -0.462 e. The predicted molar refractivity (Wildman–Crippen MR) is 320 cm³/mol. The molecule has 0 aromatic heterocycles. The van der Waals surface area contributed by atoms with Crippen LogP contribution in [0.5, 0.6) is 0 Å². The third-order valence-electron chi connectivity index (χ3n) is 13.3. The molecule has 1 unspecified atom stereocenters. The lowest BCUT2D eigenvalue weighted by Gasteiger charge is -2.18. The highest BCUT2D eigenvalue weighted by molar-refractivity contribution is 5.71. The molecule has 1 atom stereocenters. The highest BCUT2D eigenvalue weighted by Crippen LogP contribution is 2.16. The normalized spacial score (nSPS) is 12.7. The summed E-state index contributed by atoms with van der Waals surface area (Å²) in [5, 5.41) is 0. The zero-order chi connectivity index (χ0) is 53.6. The SMILES string of the molecule is CC/C=C\C/C=C\C/C=C\C/C=C\CCCCCCCCCCCCCCCCC(=O)OCC(COC(=O)CCCCCCCCCCCCCCCC)OC(=O)CCCC/C=C\C/C=C\C/C=C\C/C=C\CC. The quantitative estimate of drug-likeness (QED) is 0.0261. The molecule has 0 aliphatic rings. The molecule has 0 fully saturated rings. The van der Waals surface area contributed by atoms with Crippen LogP contribution in [-0.2, 0) is 28.6 Å². The van der Waals surface area contributed by atoms with Crippen molar-refractivity contribution in [3.63, 3.8) is 0 Å². The van der Waals surface area contributed by atoms with E-state index in [1.54, 1.807) is 0 Å².